The van der Waals surface area contributed by atoms with Crippen LogP contribution in [0.2, 0.25) is 0 Å². The van der Waals surface area contributed by atoms with Crippen LogP contribution in [-0.4, -0.2) is 5.78 Å². The molecule has 250 valence electrons. The molecule has 2 aromatic rings. The van der Waals surface area contributed by atoms with Crippen molar-refractivity contribution in [1.29, 1.82) is 0 Å². The Kier molecular flexibility index (Phi) is 15.1. The Morgan fingerprint density at radius 2 is 1.53 bits per heavy atom. The van der Waals surface area contributed by atoms with E-state index in [1.54, 1.807) is 12.5 Å². The number of ketones is 1. The van der Waals surface area contributed by atoms with Crippen LogP contribution in [-0.2, 0) is 12.8 Å². The highest BCUT2D eigenvalue weighted by molar-refractivity contribution is 5.94. The van der Waals surface area contributed by atoms with E-state index in [2.05, 4.69) is 64.1 Å². The molecule has 3 aliphatic rings. The van der Waals surface area contributed by atoms with Crippen LogP contribution in [0.4, 0.5) is 0 Å². The van der Waals surface area contributed by atoms with Gasteiger partial charge in [0.25, 0.3) is 0 Å². The molecule has 2 aromatic carbocycles. The van der Waals surface area contributed by atoms with Crippen molar-refractivity contribution in [1.82, 2.24) is 0 Å². The summed E-state index contributed by atoms with van der Waals surface area (Å²) in [6.45, 7) is 19.8. The van der Waals surface area contributed by atoms with Crippen LogP contribution in [0.15, 0.2) is 54.1 Å². The second-order valence-corrected chi connectivity index (χ2v) is 14.9. The van der Waals surface area contributed by atoms with Gasteiger partial charge in [-0.1, -0.05) is 148 Å². The molecule has 0 saturated heterocycles. The zero-order valence-corrected chi connectivity index (χ0v) is 30.8. The molecule has 1 heteroatoms. The lowest BCUT2D eigenvalue weighted by Crippen LogP contribution is -2.26. The van der Waals surface area contributed by atoms with Gasteiger partial charge in [-0.05, 0) is 116 Å². The number of carbonyl (C=O) groups is 1. The van der Waals surface area contributed by atoms with E-state index in [0.29, 0.717) is 17.3 Å². The van der Waals surface area contributed by atoms with Crippen LogP contribution in [0, 0.1) is 35.0 Å². The van der Waals surface area contributed by atoms with E-state index in [9.17, 15) is 4.79 Å². The number of fused-ring (bicyclic) bond motifs is 1. The molecular formula is C44H68O. The number of hydrogen-bond acceptors (Lipinski definition) is 1. The first-order valence-electron chi connectivity index (χ1n) is 19.1. The number of carbonyl (C=O) groups excluding carboxylic acids is 1. The molecule has 0 amide bonds. The van der Waals surface area contributed by atoms with Crippen molar-refractivity contribution in [2.45, 2.75) is 152 Å². The summed E-state index contributed by atoms with van der Waals surface area (Å²) < 4.78 is 0. The maximum Gasteiger partial charge on any atom is 0.159 e. The van der Waals surface area contributed by atoms with E-state index in [-0.39, 0.29) is 5.78 Å². The van der Waals surface area contributed by atoms with Crippen LogP contribution >= 0.6 is 0 Å². The van der Waals surface area contributed by atoms with Gasteiger partial charge in [0, 0.05) is 5.56 Å². The first-order valence-corrected chi connectivity index (χ1v) is 19.1. The van der Waals surface area contributed by atoms with E-state index in [1.807, 2.05) is 39.8 Å². The number of rotatable bonds is 8. The number of hydrogen-bond donors (Lipinski definition) is 0. The number of benzene rings is 2. The van der Waals surface area contributed by atoms with Crippen molar-refractivity contribution >= 4 is 11.4 Å². The lowest BCUT2D eigenvalue weighted by atomic mass is 9.68. The third-order valence-electron chi connectivity index (χ3n) is 11.9. The zero-order chi connectivity index (χ0) is 33.0. The highest BCUT2D eigenvalue weighted by atomic mass is 16.1. The Balaban J connectivity index is 0.00000133. The van der Waals surface area contributed by atoms with Gasteiger partial charge in [0.2, 0.25) is 0 Å². The van der Waals surface area contributed by atoms with Gasteiger partial charge < -0.3 is 0 Å². The Bertz CT molecular complexity index is 1190. The van der Waals surface area contributed by atoms with Crippen LogP contribution in [0.5, 0.6) is 0 Å². The van der Waals surface area contributed by atoms with Crippen LogP contribution < -0.4 is 0 Å². The Labute approximate surface area is 279 Å². The SMILES string of the molecule is CC.CC.CC(=O)c1ccc(CC2=C(C)C(C)C(CC3CCCC(C(C)CC4(C)CCCCC4)CC3)Cc3ccccc32)cc1. The predicted octanol–water partition coefficient (Wildman–Crippen LogP) is 13.3. The minimum Gasteiger partial charge on any atom is -0.295 e. The van der Waals surface area contributed by atoms with Gasteiger partial charge in [0.1, 0.15) is 0 Å². The molecule has 0 spiro atoms. The lowest BCUT2D eigenvalue weighted by Gasteiger charge is -2.38. The topological polar surface area (TPSA) is 17.1 Å². The molecule has 0 bridgehead atoms. The maximum atomic E-state index is 11.8. The second-order valence-electron chi connectivity index (χ2n) is 14.9. The predicted molar refractivity (Wildman–Crippen MR) is 198 cm³/mol. The van der Waals surface area contributed by atoms with Gasteiger partial charge in [0.15, 0.2) is 5.78 Å². The molecule has 45 heavy (non-hydrogen) atoms. The molecule has 1 nitrogen and oxygen atoms in total. The molecule has 0 radical (unpaired) electrons. The van der Waals surface area contributed by atoms with Crippen molar-refractivity contribution < 1.29 is 4.79 Å². The van der Waals surface area contributed by atoms with E-state index in [1.165, 1.54) is 106 Å². The van der Waals surface area contributed by atoms with Gasteiger partial charge in [-0.25, -0.2) is 0 Å². The summed E-state index contributed by atoms with van der Waals surface area (Å²) in [4.78, 5) is 11.8. The smallest absolute Gasteiger partial charge is 0.159 e. The summed E-state index contributed by atoms with van der Waals surface area (Å²) in [6.07, 6.45) is 19.5. The summed E-state index contributed by atoms with van der Waals surface area (Å²) >= 11 is 0. The van der Waals surface area contributed by atoms with Gasteiger partial charge in [-0.3, -0.25) is 4.79 Å². The molecule has 2 saturated carbocycles. The van der Waals surface area contributed by atoms with Crippen molar-refractivity contribution in [3.05, 3.63) is 76.4 Å². The van der Waals surface area contributed by atoms with Gasteiger partial charge >= 0.3 is 0 Å². The monoisotopic (exact) mass is 613 g/mol. The van der Waals surface area contributed by atoms with Crippen LogP contribution in [0.1, 0.15) is 166 Å². The highest BCUT2D eigenvalue weighted by Crippen LogP contribution is 2.46. The Morgan fingerprint density at radius 3 is 2.20 bits per heavy atom. The summed E-state index contributed by atoms with van der Waals surface area (Å²) in [5.41, 5.74) is 8.81. The van der Waals surface area contributed by atoms with Crippen LogP contribution in [0.3, 0.4) is 0 Å². The summed E-state index contributed by atoms with van der Waals surface area (Å²) in [7, 11) is 0. The molecule has 0 aromatic heterocycles. The summed E-state index contributed by atoms with van der Waals surface area (Å²) in [6, 6.07) is 17.5. The van der Waals surface area contributed by atoms with Crippen molar-refractivity contribution in [2.24, 2.45) is 35.0 Å². The molecule has 2 fully saturated rings. The third kappa shape index (κ3) is 10.2. The zero-order valence-electron chi connectivity index (χ0n) is 30.8. The van der Waals surface area contributed by atoms with Crippen molar-refractivity contribution in [2.75, 3.05) is 0 Å². The molecular weight excluding hydrogens is 544 g/mol. The Morgan fingerprint density at radius 1 is 0.867 bits per heavy atom. The van der Waals surface area contributed by atoms with Crippen molar-refractivity contribution in [3.8, 4) is 0 Å². The molecule has 3 aliphatic carbocycles. The van der Waals surface area contributed by atoms with Gasteiger partial charge in [0.05, 0.1) is 0 Å². The molecule has 5 rings (SSSR count). The van der Waals surface area contributed by atoms with Gasteiger partial charge in [-0.2, -0.15) is 0 Å². The second kappa shape index (κ2) is 18.3. The first-order chi connectivity index (χ1) is 21.7. The molecule has 0 heterocycles. The first kappa shape index (κ1) is 37.3. The molecule has 0 aliphatic heterocycles. The van der Waals surface area contributed by atoms with Crippen molar-refractivity contribution in [3.63, 3.8) is 0 Å². The Hall–Kier alpha value is -2.15. The van der Waals surface area contributed by atoms with E-state index >= 15 is 0 Å². The largest absolute Gasteiger partial charge is 0.295 e. The fraction of sp³-hybridized carbons (Fsp3) is 0.659. The van der Waals surface area contributed by atoms with E-state index < -0.39 is 0 Å². The fourth-order valence-electron chi connectivity index (χ4n) is 9.07. The summed E-state index contributed by atoms with van der Waals surface area (Å²) in [5, 5.41) is 0. The van der Waals surface area contributed by atoms with Crippen LogP contribution in [0.25, 0.3) is 5.57 Å². The quantitative estimate of drug-likeness (QED) is 0.214. The maximum absolute atomic E-state index is 11.8. The van der Waals surface area contributed by atoms with E-state index in [4.69, 9.17) is 0 Å². The average molecular weight is 613 g/mol. The fourth-order valence-corrected chi connectivity index (χ4v) is 9.07. The lowest BCUT2D eigenvalue weighted by molar-refractivity contribution is 0.101. The standard InChI is InChI=1S/C40H56O.2C2H6/c1-28(27-40(5)22-9-6-10-23-40)34-14-11-12-32(16-19-34)24-37-26-36-13-7-8-15-38(36)39(30(3)29(37)2)25-33-17-20-35(21-18-33)31(4)41;2*1-2/h7-8,13,15,17-18,20-21,28-29,32,34,37H,6,9-12,14,16,19,22-27H2,1-5H3;2*1-2H3. The minimum atomic E-state index is 0.140. The third-order valence-corrected chi connectivity index (χ3v) is 11.9. The normalized spacial score (nSPS) is 25.3. The van der Waals surface area contributed by atoms with E-state index in [0.717, 1.165) is 29.7 Å². The highest BCUT2D eigenvalue weighted by Gasteiger charge is 2.34. The average Bonchev–Trinajstić information content (AvgIpc) is 3.35. The number of Topliss-reactive ketones (excluding diaryl/α,β-unsaturated/α-hetero) is 1. The molecule has 5 unspecified atom stereocenters. The molecule has 0 N–H and O–H groups in total. The summed E-state index contributed by atoms with van der Waals surface area (Å²) in [5.74, 6) is 4.16. The number of allylic oxidation sites excluding steroid dienone is 2. The van der Waals surface area contributed by atoms with Gasteiger partial charge in [-0.15, -0.1) is 0 Å². The molecule has 5 atom stereocenters. The minimum absolute atomic E-state index is 0.140.